The predicted octanol–water partition coefficient (Wildman–Crippen LogP) is 5.06. The number of hydrogen-bond acceptors (Lipinski definition) is 6. The SMILES string of the molecule is COc1ccc(CSc2nc3ccc(NC(=O)[C@H]4[C@H](C(=O)O)[C@H]5C=C[C@H]4C5)cc3s2)cc1. The van der Waals surface area contributed by atoms with Gasteiger partial charge < -0.3 is 15.2 Å². The molecular weight excluding hydrogens is 444 g/mol. The number of nitrogens with one attached hydrogen (secondary N) is 1. The van der Waals surface area contributed by atoms with Gasteiger partial charge in [0, 0.05) is 11.4 Å². The van der Waals surface area contributed by atoms with E-state index in [4.69, 9.17) is 4.74 Å². The second kappa shape index (κ2) is 8.60. The van der Waals surface area contributed by atoms with Gasteiger partial charge in [0.15, 0.2) is 4.34 Å². The smallest absolute Gasteiger partial charge is 0.307 e. The molecule has 32 heavy (non-hydrogen) atoms. The molecule has 4 atom stereocenters. The number of aliphatic carboxylic acids is 1. The number of thiazole rings is 1. The number of amides is 1. The Morgan fingerprint density at radius 1 is 1.16 bits per heavy atom. The lowest BCUT2D eigenvalue weighted by molar-refractivity contribution is -0.146. The Bertz CT molecular complexity index is 1200. The number of aromatic nitrogens is 1. The number of methoxy groups -OCH3 is 1. The largest absolute Gasteiger partial charge is 0.497 e. The van der Waals surface area contributed by atoms with Crippen LogP contribution in [-0.4, -0.2) is 29.1 Å². The first kappa shape index (κ1) is 21.0. The highest BCUT2D eigenvalue weighted by Crippen LogP contribution is 2.48. The average molecular weight is 467 g/mol. The summed E-state index contributed by atoms with van der Waals surface area (Å²) in [6.07, 6.45) is 4.69. The summed E-state index contributed by atoms with van der Waals surface area (Å²) in [5, 5.41) is 12.5. The average Bonchev–Trinajstić information content (AvgIpc) is 3.51. The Labute approximate surface area is 193 Å². The molecule has 2 bridgehead atoms. The second-order valence-corrected chi connectivity index (χ2v) is 10.4. The number of nitrogens with zero attached hydrogens (tertiary/aromatic N) is 1. The number of thioether (sulfide) groups is 1. The van der Waals surface area contributed by atoms with Gasteiger partial charge in [-0.2, -0.15) is 0 Å². The Morgan fingerprint density at radius 2 is 1.91 bits per heavy atom. The summed E-state index contributed by atoms with van der Waals surface area (Å²) < 4.78 is 7.15. The number of carboxylic acid groups (broad SMARTS) is 1. The summed E-state index contributed by atoms with van der Waals surface area (Å²) in [4.78, 5) is 29.3. The maximum absolute atomic E-state index is 12.9. The number of anilines is 1. The molecule has 2 aliphatic carbocycles. The van der Waals surface area contributed by atoms with Gasteiger partial charge in [0.25, 0.3) is 0 Å². The lowest BCUT2D eigenvalue weighted by atomic mass is 9.82. The molecule has 1 saturated carbocycles. The third kappa shape index (κ3) is 4.00. The van der Waals surface area contributed by atoms with Crippen molar-refractivity contribution in [2.24, 2.45) is 23.7 Å². The summed E-state index contributed by atoms with van der Waals surface area (Å²) in [5.41, 5.74) is 2.75. The zero-order valence-electron chi connectivity index (χ0n) is 17.4. The number of allylic oxidation sites excluding steroid dienone is 2. The highest BCUT2D eigenvalue weighted by molar-refractivity contribution is 8.00. The standard InChI is InChI=1S/C24H22N2O4S2/c1-30-17-7-2-13(3-8-17)12-31-24-26-18-9-6-16(11-19(18)32-24)25-22(27)20-14-4-5-15(10-14)21(20)23(28)29/h2-9,11,14-15,20-21H,10,12H2,1H3,(H,25,27)(H,28,29)/t14-,15-,20+,21+/m0/s1. The first-order valence-corrected chi connectivity index (χ1v) is 12.2. The molecule has 2 aromatic carbocycles. The van der Waals surface area contributed by atoms with Gasteiger partial charge in [0.1, 0.15) is 5.75 Å². The van der Waals surface area contributed by atoms with Gasteiger partial charge in [-0.3, -0.25) is 9.59 Å². The van der Waals surface area contributed by atoms with Crippen LogP contribution in [0.4, 0.5) is 5.69 Å². The fraction of sp³-hybridized carbons (Fsp3) is 0.292. The summed E-state index contributed by atoms with van der Waals surface area (Å²) >= 11 is 3.26. The van der Waals surface area contributed by atoms with Crippen molar-refractivity contribution in [3.63, 3.8) is 0 Å². The number of fused-ring (bicyclic) bond motifs is 3. The molecule has 0 radical (unpaired) electrons. The Hall–Kier alpha value is -2.84. The van der Waals surface area contributed by atoms with E-state index >= 15 is 0 Å². The van der Waals surface area contributed by atoms with Gasteiger partial charge >= 0.3 is 5.97 Å². The molecule has 1 heterocycles. The van der Waals surface area contributed by atoms with E-state index in [0.717, 1.165) is 32.5 Å². The van der Waals surface area contributed by atoms with Gasteiger partial charge in [0.2, 0.25) is 5.91 Å². The molecule has 0 spiro atoms. The zero-order valence-corrected chi connectivity index (χ0v) is 19.0. The van der Waals surface area contributed by atoms with Crippen LogP contribution in [0.15, 0.2) is 59.0 Å². The highest BCUT2D eigenvalue weighted by atomic mass is 32.2. The second-order valence-electron chi connectivity index (χ2n) is 8.13. The fourth-order valence-electron chi connectivity index (χ4n) is 4.65. The van der Waals surface area contributed by atoms with E-state index < -0.39 is 17.8 Å². The lowest BCUT2D eigenvalue weighted by Crippen LogP contribution is -2.36. The number of carboxylic acids is 1. The van der Waals surface area contributed by atoms with Crippen LogP contribution in [-0.2, 0) is 15.3 Å². The molecule has 164 valence electrons. The Morgan fingerprint density at radius 3 is 2.62 bits per heavy atom. The molecule has 1 amide bonds. The molecule has 1 aromatic heterocycles. The molecule has 0 saturated heterocycles. The van der Waals surface area contributed by atoms with Crippen molar-refractivity contribution in [2.45, 2.75) is 16.5 Å². The maximum atomic E-state index is 12.9. The topological polar surface area (TPSA) is 88.5 Å². The van der Waals surface area contributed by atoms with Crippen LogP contribution in [0.2, 0.25) is 0 Å². The minimum Gasteiger partial charge on any atom is -0.497 e. The number of carbonyl (C=O) groups is 2. The van der Waals surface area contributed by atoms with Crippen molar-refractivity contribution in [2.75, 3.05) is 12.4 Å². The summed E-state index contributed by atoms with van der Waals surface area (Å²) in [7, 11) is 1.65. The molecule has 2 N–H and O–H groups in total. The summed E-state index contributed by atoms with van der Waals surface area (Å²) in [6.45, 7) is 0. The molecule has 5 rings (SSSR count). The molecule has 1 fully saturated rings. The number of hydrogen-bond donors (Lipinski definition) is 2. The summed E-state index contributed by atoms with van der Waals surface area (Å²) in [5.74, 6) is -0.651. The van der Waals surface area contributed by atoms with Crippen molar-refractivity contribution in [1.29, 1.82) is 0 Å². The third-order valence-electron chi connectivity index (χ3n) is 6.20. The van der Waals surface area contributed by atoms with E-state index in [1.807, 2.05) is 54.6 Å². The van der Waals surface area contributed by atoms with E-state index in [1.165, 1.54) is 5.56 Å². The molecule has 2 aliphatic rings. The number of carbonyl (C=O) groups excluding carboxylic acids is 1. The maximum Gasteiger partial charge on any atom is 0.307 e. The molecular formula is C24H22N2O4S2. The van der Waals surface area contributed by atoms with E-state index in [0.29, 0.717) is 5.69 Å². The van der Waals surface area contributed by atoms with Crippen molar-refractivity contribution < 1.29 is 19.4 Å². The minimum atomic E-state index is -0.890. The first-order valence-electron chi connectivity index (χ1n) is 10.4. The van der Waals surface area contributed by atoms with Gasteiger partial charge in [-0.15, -0.1) is 11.3 Å². The van der Waals surface area contributed by atoms with E-state index in [2.05, 4.69) is 10.3 Å². The van der Waals surface area contributed by atoms with Crippen LogP contribution in [0, 0.1) is 23.7 Å². The van der Waals surface area contributed by atoms with Gasteiger partial charge in [0.05, 0.1) is 29.2 Å². The summed E-state index contributed by atoms with van der Waals surface area (Å²) in [6, 6.07) is 13.6. The van der Waals surface area contributed by atoms with Crippen LogP contribution >= 0.6 is 23.1 Å². The van der Waals surface area contributed by atoms with E-state index in [-0.39, 0.29) is 17.7 Å². The Kier molecular flexibility index (Phi) is 5.65. The van der Waals surface area contributed by atoms with Crippen LogP contribution in [0.1, 0.15) is 12.0 Å². The van der Waals surface area contributed by atoms with Gasteiger partial charge in [-0.25, -0.2) is 4.98 Å². The lowest BCUT2D eigenvalue weighted by Gasteiger charge is -2.23. The van der Waals surface area contributed by atoms with Gasteiger partial charge in [-0.1, -0.05) is 36.0 Å². The predicted molar refractivity (Wildman–Crippen MR) is 126 cm³/mol. The number of benzene rings is 2. The van der Waals surface area contributed by atoms with Crippen molar-refractivity contribution in [3.8, 4) is 5.75 Å². The molecule has 6 nitrogen and oxygen atoms in total. The zero-order chi connectivity index (χ0) is 22.2. The fourth-order valence-corrected chi connectivity index (χ4v) is 6.72. The molecule has 0 aliphatic heterocycles. The van der Waals surface area contributed by atoms with E-state index in [1.54, 1.807) is 30.2 Å². The van der Waals surface area contributed by atoms with Crippen LogP contribution in [0.3, 0.4) is 0 Å². The molecule has 3 aromatic rings. The number of ether oxygens (including phenoxy) is 1. The van der Waals surface area contributed by atoms with Crippen LogP contribution in [0.25, 0.3) is 10.2 Å². The van der Waals surface area contributed by atoms with Crippen molar-refractivity contribution >= 4 is 50.9 Å². The van der Waals surface area contributed by atoms with E-state index in [9.17, 15) is 14.7 Å². The van der Waals surface area contributed by atoms with Gasteiger partial charge in [-0.05, 0) is 54.2 Å². The Balaban J connectivity index is 1.27. The minimum absolute atomic E-state index is 0.00851. The van der Waals surface area contributed by atoms with Crippen molar-refractivity contribution in [3.05, 3.63) is 60.2 Å². The number of rotatable bonds is 7. The third-order valence-corrected chi connectivity index (χ3v) is 8.44. The quantitative estimate of drug-likeness (QED) is 0.374. The normalized spacial score (nSPS) is 23.5. The molecule has 0 unspecified atom stereocenters. The monoisotopic (exact) mass is 466 g/mol. The first-order chi connectivity index (χ1) is 15.5. The molecule has 8 heteroatoms. The van der Waals surface area contributed by atoms with Crippen LogP contribution in [0.5, 0.6) is 5.75 Å². The highest BCUT2D eigenvalue weighted by Gasteiger charge is 2.51. The van der Waals surface area contributed by atoms with Crippen LogP contribution < -0.4 is 10.1 Å². The van der Waals surface area contributed by atoms with Crippen molar-refractivity contribution in [1.82, 2.24) is 4.98 Å².